The molecule has 2 N–H and O–H groups in total. The van der Waals surface area contributed by atoms with E-state index in [1.807, 2.05) is 0 Å². The van der Waals surface area contributed by atoms with E-state index < -0.39 is 21.5 Å². The fraction of sp³-hybridized carbons (Fsp3) is 0.143. The van der Waals surface area contributed by atoms with Crippen molar-refractivity contribution in [2.45, 2.75) is 4.90 Å². The highest BCUT2D eigenvalue weighted by atomic mass is 32.2. The Morgan fingerprint density at radius 1 is 1.00 bits per heavy atom. The zero-order valence-corrected chi connectivity index (χ0v) is 11.7. The molecule has 112 valence electrons. The Balaban J connectivity index is 2.01. The second-order valence-corrected chi connectivity index (χ2v) is 6.42. The summed E-state index contributed by atoms with van der Waals surface area (Å²) in [5, 5.41) is 0. The monoisotopic (exact) mass is 313 g/mol. The van der Waals surface area contributed by atoms with Crippen LogP contribution in [-0.4, -0.2) is 20.8 Å². The molecular weight excluding hydrogens is 300 g/mol. The molecule has 0 unspecified atom stereocenters. The minimum Gasteiger partial charge on any atom is -0.493 e. The highest BCUT2D eigenvalue weighted by Gasteiger charge is 2.16. The summed E-state index contributed by atoms with van der Waals surface area (Å²) in [6.45, 7) is -0.106. The summed E-state index contributed by atoms with van der Waals surface area (Å²) in [7, 11) is -3.73. The van der Waals surface area contributed by atoms with Crippen molar-refractivity contribution < 1.29 is 21.9 Å². The van der Waals surface area contributed by atoms with Gasteiger partial charge < -0.3 is 10.5 Å². The van der Waals surface area contributed by atoms with E-state index in [9.17, 15) is 17.2 Å². The van der Waals surface area contributed by atoms with Crippen molar-refractivity contribution in [3.63, 3.8) is 0 Å². The Morgan fingerprint density at radius 3 is 2.29 bits per heavy atom. The van der Waals surface area contributed by atoms with Gasteiger partial charge in [0.25, 0.3) is 0 Å². The minimum absolute atomic E-state index is 0.106. The normalized spacial score (nSPS) is 11.3. The molecule has 4 nitrogen and oxygen atoms in total. The Labute approximate surface area is 121 Å². The van der Waals surface area contributed by atoms with Gasteiger partial charge >= 0.3 is 0 Å². The summed E-state index contributed by atoms with van der Waals surface area (Å²) in [5.74, 6) is -2.16. The van der Waals surface area contributed by atoms with Crippen LogP contribution >= 0.6 is 0 Å². The van der Waals surface area contributed by atoms with Crippen LogP contribution in [0, 0.1) is 11.6 Å². The standard InChI is InChI=1S/C14H13F2NO3S/c15-13-6-5-12(9-14(13)16)21(18,19)8-7-20-11-3-1-10(17)2-4-11/h1-6,9H,7-8,17H2. The van der Waals surface area contributed by atoms with Crippen molar-refractivity contribution in [1.82, 2.24) is 0 Å². The van der Waals surface area contributed by atoms with Gasteiger partial charge in [0.2, 0.25) is 0 Å². The smallest absolute Gasteiger partial charge is 0.181 e. The van der Waals surface area contributed by atoms with Crippen molar-refractivity contribution in [2.24, 2.45) is 0 Å². The van der Waals surface area contributed by atoms with Gasteiger partial charge in [0.05, 0.1) is 10.6 Å². The second-order valence-electron chi connectivity index (χ2n) is 4.31. The SMILES string of the molecule is Nc1ccc(OCCS(=O)(=O)c2ccc(F)c(F)c2)cc1. The van der Waals surface area contributed by atoms with E-state index in [-0.39, 0.29) is 17.3 Å². The molecule has 0 saturated heterocycles. The number of nitrogens with two attached hydrogens (primary N) is 1. The van der Waals surface area contributed by atoms with E-state index >= 15 is 0 Å². The fourth-order valence-corrected chi connectivity index (χ4v) is 2.72. The van der Waals surface area contributed by atoms with Crippen LogP contribution in [0.4, 0.5) is 14.5 Å². The molecule has 0 aliphatic carbocycles. The summed E-state index contributed by atoms with van der Waals surface area (Å²) in [6, 6.07) is 8.94. The lowest BCUT2D eigenvalue weighted by Crippen LogP contribution is -2.14. The van der Waals surface area contributed by atoms with Crippen molar-refractivity contribution in [1.29, 1.82) is 0 Å². The molecule has 7 heteroatoms. The Kier molecular flexibility index (Phi) is 4.42. The first-order chi connectivity index (χ1) is 9.88. The Bertz CT molecular complexity index is 730. The minimum atomic E-state index is -3.73. The molecule has 0 radical (unpaired) electrons. The van der Waals surface area contributed by atoms with E-state index in [0.717, 1.165) is 12.1 Å². The van der Waals surface area contributed by atoms with Crippen LogP contribution in [0.2, 0.25) is 0 Å². The summed E-state index contributed by atoms with van der Waals surface area (Å²) < 4.78 is 55.0. The first kappa shape index (κ1) is 15.2. The van der Waals surface area contributed by atoms with E-state index in [0.29, 0.717) is 17.5 Å². The lowest BCUT2D eigenvalue weighted by Gasteiger charge is -2.08. The van der Waals surface area contributed by atoms with Gasteiger partial charge in [-0.1, -0.05) is 0 Å². The predicted octanol–water partition coefficient (Wildman–Crippen LogP) is 2.40. The number of hydrogen-bond acceptors (Lipinski definition) is 4. The lowest BCUT2D eigenvalue weighted by molar-refractivity contribution is 0.341. The number of halogens is 2. The molecule has 0 bridgehead atoms. The maximum Gasteiger partial charge on any atom is 0.181 e. The average molecular weight is 313 g/mol. The third-order valence-corrected chi connectivity index (χ3v) is 4.43. The summed E-state index contributed by atoms with van der Waals surface area (Å²) in [4.78, 5) is -0.276. The molecule has 0 aliphatic heterocycles. The largest absolute Gasteiger partial charge is 0.493 e. The van der Waals surface area contributed by atoms with Crippen LogP contribution in [0.15, 0.2) is 47.4 Å². The van der Waals surface area contributed by atoms with Crippen molar-refractivity contribution in [3.8, 4) is 5.75 Å². The van der Waals surface area contributed by atoms with Crippen LogP contribution in [-0.2, 0) is 9.84 Å². The molecular formula is C14H13F2NO3S. The molecule has 0 heterocycles. The van der Waals surface area contributed by atoms with Crippen LogP contribution in [0.5, 0.6) is 5.75 Å². The predicted molar refractivity (Wildman–Crippen MR) is 74.8 cm³/mol. The molecule has 0 aliphatic rings. The van der Waals surface area contributed by atoms with Gasteiger partial charge in [0.15, 0.2) is 21.5 Å². The zero-order valence-electron chi connectivity index (χ0n) is 10.9. The van der Waals surface area contributed by atoms with Crippen LogP contribution in [0.3, 0.4) is 0 Å². The van der Waals surface area contributed by atoms with E-state index in [4.69, 9.17) is 10.5 Å². The zero-order chi connectivity index (χ0) is 15.5. The van der Waals surface area contributed by atoms with Gasteiger partial charge in [-0.3, -0.25) is 0 Å². The first-order valence-electron chi connectivity index (χ1n) is 6.04. The molecule has 2 aromatic rings. The molecule has 0 fully saturated rings. The Hall–Kier alpha value is -2.15. The van der Waals surface area contributed by atoms with Crippen LogP contribution in [0.1, 0.15) is 0 Å². The van der Waals surface area contributed by atoms with Crippen molar-refractivity contribution in [3.05, 3.63) is 54.1 Å². The molecule has 0 aromatic heterocycles. The van der Waals surface area contributed by atoms with Gasteiger partial charge in [0.1, 0.15) is 12.4 Å². The number of benzene rings is 2. The molecule has 0 amide bonds. The van der Waals surface area contributed by atoms with E-state index in [1.165, 1.54) is 0 Å². The highest BCUT2D eigenvalue weighted by molar-refractivity contribution is 7.91. The van der Waals surface area contributed by atoms with Gasteiger partial charge in [-0.25, -0.2) is 17.2 Å². The third-order valence-electron chi connectivity index (χ3n) is 2.75. The summed E-state index contributed by atoms with van der Waals surface area (Å²) in [6.07, 6.45) is 0. The maximum atomic E-state index is 13.1. The molecule has 2 rings (SSSR count). The lowest BCUT2D eigenvalue weighted by atomic mass is 10.3. The number of ether oxygens (including phenoxy) is 1. The molecule has 2 aromatic carbocycles. The first-order valence-corrected chi connectivity index (χ1v) is 7.70. The molecule has 21 heavy (non-hydrogen) atoms. The third kappa shape index (κ3) is 3.91. The highest BCUT2D eigenvalue weighted by Crippen LogP contribution is 2.16. The molecule has 0 atom stereocenters. The number of anilines is 1. The topological polar surface area (TPSA) is 69.4 Å². The summed E-state index contributed by atoms with van der Waals surface area (Å²) >= 11 is 0. The van der Waals surface area contributed by atoms with Crippen molar-refractivity contribution >= 4 is 15.5 Å². The Morgan fingerprint density at radius 2 is 1.67 bits per heavy atom. The maximum absolute atomic E-state index is 13.1. The molecule has 0 saturated carbocycles. The van der Waals surface area contributed by atoms with Crippen LogP contribution < -0.4 is 10.5 Å². The van der Waals surface area contributed by atoms with E-state index in [1.54, 1.807) is 24.3 Å². The number of rotatable bonds is 5. The fourth-order valence-electron chi connectivity index (χ4n) is 1.62. The quantitative estimate of drug-likeness (QED) is 0.680. The van der Waals surface area contributed by atoms with Crippen molar-refractivity contribution in [2.75, 3.05) is 18.1 Å². The van der Waals surface area contributed by atoms with Gasteiger partial charge in [-0.15, -0.1) is 0 Å². The average Bonchev–Trinajstić information content (AvgIpc) is 2.44. The van der Waals surface area contributed by atoms with Gasteiger partial charge in [-0.05, 0) is 42.5 Å². The number of hydrogen-bond donors (Lipinski definition) is 1. The second kappa shape index (κ2) is 6.09. The molecule has 0 spiro atoms. The van der Waals surface area contributed by atoms with Gasteiger partial charge in [-0.2, -0.15) is 0 Å². The van der Waals surface area contributed by atoms with E-state index in [2.05, 4.69) is 0 Å². The summed E-state index contributed by atoms with van der Waals surface area (Å²) in [5.41, 5.74) is 6.08. The number of nitrogen functional groups attached to an aromatic ring is 1. The number of sulfone groups is 1. The van der Waals surface area contributed by atoms with Gasteiger partial charge in [0, 0.05) is 5.69 Å². The van der Waals surface area contributed by atoms with Crippen LogP contribution in [0.25, 0.3) is 0 Å².